The predicted molar refractivity (Wildman–Crippen MR) is 144 cm³/mol. The Hall–Kier alpha value is -1.68. The zero-order valence-corrected chi connectivity index (χ0v) is 21.5. The molecule has 0 bridgehead atoms. The third kappa shape index (κ3) is 6.43. The SMILES string of the molecule is CCNC(=NCC(O)c1cc2ccccc2s1)NCC1CCCOC1c1ccccc1.I. The Balaban J connectivity index is 0.00000289. The highest BCUT2D eigenvalue weighted by atomic mass is 127. The van der Waals surface area contributed by atoms with Crippen molar-refractivity contribution < 1.29 is 9.84 Å². The molecule has 1 aliphatic rings. The molecule has 5 nitrogen and oxygen atoms in total. The largest absolute Gasteiger partial charge is 0.386 e. The van der Waals surface area contributed by atoms with E-state index in [-0.39, 0.29) is 30.1 Å². The molecule has 7 heteroatoms. The van der Waals surface area contributed by atoms with Gasteiger partial charge in [0.15, 0.2) is 5.96 Å². The van der Waals surface area contributed by atoms with Crippen molar-refractivity contribution in [1.82, 2.24) is 10.6 Å². The van der Waals surface area contributed by atoms with E-state index in [2.05, 4.69) is 65.0 Å². The third-order valence-corrected chi connectivity index (χ3v) is 6.86. The molecule has 3 unspecified atom stereocenters. The fourth-order valence-electron chi connectivity index (χ4n) is 4.07. The number of guanidine groups is 1. The Morgan fingerprint density at radius 2 is 1.94 bits per heavy atom. The minimum absolute atomic E-state index is 0. The highest BCUT2D eigenvalue weighted by Gasteiger charge is 2.27. The van der Waals surface area contributed by atoms with Gasteiger partial charge in [-0.2, -0.15) is 0 Å². The van der Waals surface area contributed by atoms with Gasteiger partial charge in [0.1, 0.15) is 6.10 Å². The fourth-order valence-corrected chi connectivity index (χ4v) is 5.11. The molecule has 0 saturated carbocycles. The van der Waals surface area contributed by atoms with Crippen molar-refractivity contribution in [2.24, 2.45) is 10.9 Å². The Morgan fingerprint density at radius 3 is 2.72 bits per heavy atom. The summed E-state index contributed by atoms with van der Waals surface area (Å²) in [6, 6.07) is 20.7. The standard InChI is InChI=1S/C25H31N3O2S.HI/c1-2-26-25(28-17-21(29)23-15-19-11-6-7-13-22(19)31-23)27-16-20-12-8-14-30-24(20)18-9-4-3-5-10-18;/h3-7,9-11,13,15,20-21,24,29H,2,8,12,14,16-17H2,1H3,(H2,26,27,28);1H. The maximum atomic E-state index is 10.7. The first kappa shape index (κ1) is 25.0. The summed E-state index contributed by atoms with van der Waals surface area (Å²) in [7, 11) is 0. The summed E-state index contributed by atoms with van der Waals surface area (Å²) in [5.41, 5.74) is 1.23. The first-order valence-electron chi connectivity index (χ1n) is 11.1. The van der Waals surface area contributed by atoms with E-state index in [1.165, 1.54) is 15.6 Å². The lowest BCUT2D eigenvalue weighted by Gasteiger charge is -2.32. The number of aliphatic hydroxyl groups is 1. The van der Waals surface area contributed by atoms with Crippen LogP contribution in [0, 0.1) is 5.92 Å². The number of aliphatic hydroxyl groups excluding tert-OH is 1. The van der Waals surface area contributed by atoms with Gasteiger partial charge in [0.2, 0.25) is 0 Å². The molecule has 0 amide bonds. The van der Waals surface area contributed by atoms with Crippen LogP contribution >= 0.6 is 35.3 Å². The van der Waals surface area contributed by atoms with E-state index in [9.17, 15) is 5.11 Å². The van der Waals surface area contributed by atoms with Crippen LogP contribution in [0.4, 0.5) is 0 Å². The van der Waals surface area contributed by atoms with Gasteiger partial charge in [0.05, 0.1) is 12.6 Å². The van der Waals surface area contributed by atoms with Gasteiger partial charge in [0.25, 0.3) is 0 Å². The molecule has 3 N–H and O–H groups in total. The van der Waals surface area contributed by atoms with Gasteiger partial charge in [-0.05, 0) is 42.8 Å². The lowest BCUT2D eigenvalue weighted by molar-refractivity contribution is -0.0265. The molecule has 2 aromatic carbocycles. The maximum Gasteiger partial charge on any atom is 0.191 e. The Labute approximate surface area is 211 Å². The number of hydrogen-bond acceptors (Lipinski definition) is 4. The van der Waals surface area contributed by atoms with Gasteiger partial charge in [-0.15, -0.1) is 35.3 Å². The summed E-state index contributed by atoms with van der Waals surface area (Å²) in [5.74, 6) is 1.12. The molecule has 0 spiro atoms. The molecule has 172 valence electrons. The van der Waals surface area contributed by atoms with Crippen molar-refractivity contribution in [2.45, 2.75) is 32.0 Å². The first-order valence-corrected chi connectivity index (χ1v) is 11.9. The Bertz CT molecular complexity index is 962. The van der Waals surface area contributed by atoms with Crippen LogP contribution in [0.15, 0.2) is 65.7 Å². The molecule has 3 aromatic rings. The lowest BCUT2D eigenvalue weighted by atomic mass is 9.89. The van der Waals surface area contributed by atoms with Gasteiger partial charge in [-0.1, -0.05) is 48.5 Å². The average Bonchev–Trinajstić information content (AvgIpc) is 3.26. The van der Waals surface area contributed by atoms with Gasteiger partial charge in [-0.3, -0.25) is 4.99 Å². The highest BCUT2D eigenvalue weighted by Crippen LogP contribution is 2.33. The number of halogens is 1. The van der Waals surface area contributed by atoms with E-state index >= 15 is 0 Å². The topological polar surface area (TPSA) is 65.9 Å². The van der Waals surface area contributed by atoms with Crippen LogP contribution in [0.1, 0.15) is 42.4 Å². The number of nitrogens with zero attached hydrogens (tertiary/aromatic N) is 1. The number of rotatable bonds is 7. The van der Waals surface area contributed by atoms with Crippen LogP contribution in [-0.2, 0) is 4.74 Å². The van der Waals surface area contributed by atoms with Crippen LogP contribution in [0.5, 0.6) is 0 Å². The van der Waals surface area contributed by atoms with Crippen molar-refractivity contribution in [3.63, 3.8) is 0 Å². The number of thiophene rings is 1. The Morgan fingerprint density at radius 1 is 1.16 bits per heavy atom. The number of hydrogen-bond donors (Lipinski definition) is 3. The summed E-state index contributed by atoms with van der Waals surface area (Å²) in [6.45, 7) is 4.74. The van der Waals surface area contributed by atoms with Crippen molar-refractivity contribution in [3.05, 3.63) is 71.1 Å². The van der Waals surface area contributed by atoms with Gasteiger partial charge in [0, 0.05) is 35.2 Å². The summed E-state index contributed by atoms with van der Waals surface area (Å²) in [4.78, 5) is 5.60. The summed E-state index contributed by atoms with van der Waals surface area (Å²) >= 11 is 1.63. The van der Waals surface area contributed by atoms with E-state index < -0.39 is 6.10 Å². The zero-order valence-electron chi connectivity index (χ0n) is 18.4. The molecule has 0 radical (unpaired) electrons. The third-order valence-electron chi connectivity index (χ3n) is 5.64. The zero-order chi connectivity index (χ0) is 21.5. The quantitative estimate of drug-likeness (QED) is 0.207. The molecule has 1 aromatic heterocycles. The van der Waals surface area contributed by atoms with E-state index in [0.29, 0.717) is 12.5 Å². The Kier molecular flexibility index (Phi) is 9.77. The van der Waals surface area contributed by atoms with Crippen molar-refractivity contribution in [1.29, 1.82) is 0 Å². The molecule has 1 fully saturated rings. The second kappa shape index (κ2) is 12.5. The number of fused-ring (bicyclic) bond motifs is 1. The number of nitrogens with one attached hydrogen (secondary N) is 2. The smallest absolute Gasteiger partial charge is 0.191 e. The minimum Gasteiger partial charge on any atom is -0.386 e. The van der Waals surface area contributed by atoms with Crippen molar-refractivity contribution in [3.8, 4) is 0 Å². The first-order chi connectivity index (χ1) is 15.2. The predicted octanol–water partition coefficient (Wildman–Crippen LogP) is 5.28. The number of aliphatic imine (C=N–C) groups is 1. The molecule has 0 aliphatic carbocycles. The minimum atomic E-state index is -0.608. The van der Waals surface area contributed by atoms with Crippen LogP contribution in [0.25, 0.3) is 10.1 Å². The molecule has 4 rings (SSSR count). The van der Waals surface area contributed by atoms with E-state index in [1.807, 2.05) is 18.2 Å². The van der Waals surface area contributed by atoms with Crippen molar-refractivity contribution in [2.75, 3.05) is 26.2 Å². The monoisotopic (exact) mass is 565 g/mol. The fraction of sp³-hybridized carbons (Fsp3) is 0.400. The van der Waals surface area contributed by atoms with E-state index in [0.717, 1.165) is 43.4 Å². The molecule has 1 saturated heterocycles. The highest BCUT2D eigenvalue weighted by molar-refractivity contribution is 14.0. The summed E-state index contributed by atoms with van der Waals surface area (Å²) < 4.78 is 7.30. The normalized spacial score (nSPS) is 19.9. The molecular formula is C25H32IN3O2S. The average molecular weight is 566 g/mol. The summed E-state index contributed by atoms with van der Waals surface area (Å²) in [6.07, 6.45) is 1.70. The van der Waals surface area contributed by atoms with Crippen LogP contribution in [0.2, 0.25) is 0 Å². The molecular weight excluding hydrogens is 533 g/mol. The van der Waals surface area contributed by atoms with Gasteiger partial charge >= 0.3 is 0 Å². The molecule has 2 heterocycles. The van der Waals surface area contributed by atoms with Crippen LogP contribution in [0.3, 0.4) is 0 Å². The molecule has 32 heavy (non-hydrogen) atoms. The number of ether oxygens (including phenoxy) is 1. The lowest BCUT2D eigenvalue weighted by Crippen LogP contribution is -2.42. The molecule has 3 atom stereocenters. The van der Waals surface area contributed by atoms with Crippen molar-refractivity contribution >= 4 is 51.4 Å². The summed E-state index contributed by atoms with van der Waals surface area (Å²) in [5, 5.41) is 18.6. The van der Waals surface area contributed by atoms with Gasteiger partial charge in [-0.25, -0.2) is 0 Å². The maximum absolute atomic E-state index is 10.7. The van der Waals surface area contributed by atoms with Gasteiger partial charge < -0.3 is 20.5 Å². The second-order valence-electron chi connectivity index (χ2n) is 7.91. The van der Waals surface area contributed by atoms with Crippen LogP contribution < -0.4 is 10.6 Å². The molecule has 1 aliphatic heterocycles. The van der Waals surface area contributed by atoms with E-state index in [1.54, 1.807) is 11.3 Å². The van der Waals surface area contributed by atoms with Crippen LogP contribution in [-0.4, -0.2) is 37.3 Å². The number of benzene rings is 2. The second-order valence-corrected chi connectivity index (χ2v) is 9.02. The van der Waals surface area contributed by atoms with E-state index in [4.69, 9.17) is 4.74 Å².